The molecule has 2 aliphatic rings. The zero-order valence-corrected chi connectivity index (χ0v) is 19.1. The second kappa shape index (κ2) is 10.1. The zero-order chi connectivity index (χ0) is 21.7. The van der Waals surface area contributed by atoms with E-state index in [2.05, 4.69) is 9.97 Å². The second-order valence-electron chi connectivity index (χ2n) is 8.03. The van der Waals surface area contributed by atoms with E-state index in [9.17, 15) is 18.0 Å². The van der Waals surface area contributed by atoms with Gasteiger partial charge < -0.3 is 9.64 Å². The lowest BCUT2D eigenvalue weighted by Crippen LogP contribution is -2.50. The van der Waals surface area contributed by atoms with Crippen LogP contribution in [0.3, 0.4) is 0 Å². The van der Waals surface area contributed by atoms with Crippen LogP contribution in [0.1, 0.15) is 49.9 Å². The molecule has 1 saturated heterocycles. The Morgan fingerprint density at radius 1 is 1.10 bits per heavy atom. The summed E-state index contributed by atoms with van der Waals surface area (Å²) in [4.78, 5) is 35.3. The third-order valence-electron chi connectivity index (χ3n) is 5.50. The first-order valence-electron chi connectivity index (χ1n) is 10.4. The van der Waals surface area contributed by atoms with Crippen molar-refractivity contribution in [2.45, 2.75) is 69.6 Å². The van der Waals surface area contributed by atoms with E-state index in [1.54, 1.807) is 4.90 Å². The average molecular weight is 456 g/mol. The molecule has 1 aliphatic carbocycles. The maximum absolute atomic E-state index is 12.9. The van der Waals surface area contributed by atoms with E-state index in [1.807, 2.05) is 19.9 Å². The number of aryl methyl sites for hydroxylation is 2. The van der Waals surface area contributed by atoms with Gasteiger partial charge in [0.15, 0.2) is 21.6 Å². The summed E-state index contributed by atoms with van der Waals surface area (Å²) >= 11 is 1.17. The molecule has 3 rings (SSSR count). The predicted octanol–water partition coefficient (Wildman–Crippen LogP) is 2.08. The van der Waals surface area contributed by atoms with Crippen molar-refractivity contribution in [1.82, 2.24) is 14.9 Å². The largest absolute Gasteiger partial charge is 0.455 e. The molecule has 0 radical (unpaired) electrons. The van der Waals surface area contributed by atoms with Crippen molar-refractivity contribution in [3.63, 3.8) is 0 Å². The molecule has 30 heavy (non-hydrogen) atoms. The lowest BCUT2D eigenvalue weighted by Gasteiger charge is -2.38. The van der Waals surface area contributed by atoms with E-state index in [1.165, 1.54) is 11.8 Å². The number of sulfone groups is 1. The third kappa shape index (κ3) is 6.41. The van der Waals surface area contributed by atoms with Crippen LogP contribution in [0, 0.1) is 13.8 Å². The summed E-state index contributed by atoms with van der Waals surface area (Å²) in [5, 5.41) is 0.496. The van der Waals surface area contributed by atoms with Crippen LogP contribution >= 0.6 is 11.8 Å². The Morgan fingerprint density at radius 2 is 1.77 bits per heavy atom. The number of rotatable bonds is 7. The van der Waals surface area contributed by atoms with Crippen molar-refractivity contribution in [3.05, 3.63) is 17.5 Å². The maximum atomic E-state index is 12.9. The highest BCUT2D eigenvalue weighted by atomic mass is 32.2. The van der Waals surface area contributed by atoms with E-state index in [0.29, 0.717) is 11.6 Å². The van der Waals surface area contributed by atoms with E-state index in [-0.39, 0.29) is 41.9 Å². The molecule has 0 aromatic carbocycles. The minimum absolute atomic E-state index is 0.00306. The number of hydrogen-bond donors (Lipinski definition) is 0. The van der Waals surface area contributed by atoms with Crippen molar-refractivity contribution in [1.29, 1.82) is 0 Å². The molecule has 8 nitrogen and oxygen atoms in total. The Labute approximate surface area is 182 Å². The van der Waals surface area contributed by atoms with Gasteiger partial charge in [-0.05, 0) is 39.2 Å². The van der Waals surface area contributed by atoms with Crippen molar-refractivity contribution < 1.29 is 22.7 Å². The van der Waals surface area contributed by atoms with E-state index in [0.717, 1.165) is 43.5 Å². The molecule has 2 heterocycles. The molecule has 1 aromatic heterocycles. The summed E-state index contributed by atoms with van der Waals surface area (Å²) < 4.78 is 29.1. The molecule has 1 atom stereocenters. The average Bonchev–Trinajstić information content (AvgIpc) is 3.04. The molecular weight excluding hydrogens is 426 g/mol. The highest BCUT2D eigenvalue weighted by molar-refractivity contribution is 7.99. The second-order valence-corrected chi connectivity index (χ2v) is 11.2. The molecule has 166 valence electrons. The summed E-state index contributed by atoms with van der Waals surface area (Å²) in [5.74, 6) is -0.690. The quantitative estimate of drug-likeness (QED) is 0.349. The summed E-state index contributed by atoms with van der Waals surface area (Å²) in [6.07, 6.45) is 5.39. The minimum Gasteiger partial charge on any atom is -0.455 e. The van der Waals surface area contributed by atoms with Gasteiger partial charge in [-0.25, -0.2) is 18.4 Å². The van der Waals surface area contributed by atoms with Crippen molar-refractivity contribution >= 4 is 33.5 Å². The van der Waals surface area contributed by atoms with Crippen LogP contribution in [0.2, 0.25) is 0 Å². The number of nitrogens with zero attached hydrogens (tertiary/aromatic N) is 3. The molecule has 2 fully saturated rings. The monoisotopic (exact) mass is 455 g/mol. The zero-order valence-electron chi connectivity index (χ0n) is 17.5. The normalized spacial score (nSPS) is 21.3. The molecule has 0 spiro atoms. The van der Waals surface area contributed by atoms with Gasteiger partial charge in [0.05, 0.1) is 17.3 Å². The SMILES string of the molecule is Cc1cc(C)nc(SCC(=O)OCC(=O)N(C2CCCCC2)C2CCS(=O)(=O)C2)n1. The van der Waals surface area contributed by atoms with Gasteiger partial charge in [-0.1, -0.05) is 31.0 Å². The smallest absolute Gasteiger partial charge is 0.316 e. The van der Waals surface area contributed by atoms with Crippen LogP contribution in [-0.4, -0.2) is 71.1 Å². The molecule has 10 heteroatoms. The first kappa shape index (κ1) is 23.0. The molecular formula is C20H29N3O5S2. The lowest BCUT2D eigenvalue weighted by atomic mass is 9.93. The standard InChI is InChI=1S/C20H29N3O5S2/c1-14-10-15(2)22-20(21-14)29-12-19(25)28-11-18(24)23(16-6-4-3-5-7-16)17-8-9-30(26,27)13-17/h10,16-17H,3-9,11-13H2,1-2H3. The van der Waals surface area contributed by atoms with E-state index >= 15 is 0 Å². The molecule has 1 saturated carbocycles. The number of hydrogen-bond acceptors (Lipinski definition) is 8. The summed E-state index contributed by atoms with van der Waals surface area (Å²) in [5.41, 5.74) is 1.64. The number of esters is 1. The molecule has 1 aliphatic heterocycles. The van der Waals surface area contributed by atoms with Gasteiger partial charge in [0.1, 0.15) is 0 Å². The number of amides is 1. The number of aromatic nitrogens is 2. The Hall–Kier alpha value is -1.68. The van der Waals surface area contributed by atoms with Gasteiger partial charge >= 0.3 is 5.97 Å². The van der Waals surface area contributed by atoms with Gasteiger partial charge in [0, 0.05) is 23.5 Å². The molecule has 0 N–H and O–H groups in total. The highest BCUT2D eigenvalue weighted by Gasteiger charge is 2.38. The van der Waals surface area contributed by atoms with Crippen molar-refractivity contribution in [2.24, 2.45) is 0 Å². The van der Waals surface area contributed by atoms with Gasteiger partial charge in [-0.2, -0.15) is 0 Å². The van der Waals surface area contributed by atoms with Crippen molar-refractivity contribution in [3.8, 4) is 0 Å². The number of ether oxygens (including phenoxy) is 1. The fourth-order valence-corrected chi connectivity index (χ4v) is 6.66. The van der Waals surface area contributed by atoms with Crippen LogP contribution in [0.5, 0.6) is 0 Å². The van der Waals surface area contributed by atoms with Crippen LogP contribution in [0.4, 0.5) is 0 Å². The molecule has 1 unspecified atom stereocenters. The van der Waals surface area contributed by atoms with Crippen LogP contribution in [0.25, 0.3) is 0 Å². The van der Waals surface area contributed by atoms with Crippen LogP contribution in [-0.2, 0) is 24.2 Å². The lowest BCUT2D eigenvalue weighted by molar-refractivity contribution is -0.152. The Morgan fingerprint density at radius 3 is 2.37 bits per heavy atom. The number of carbonyl (C=O) groups excluding carboxylic acids is 2. The summed E-state index contributed by atoms with van der Waals surface area (Å²) in [6, 6.07) is 1.56. The highest BCUT2D eigenvalue weighted by Crippen LogP contribution is 2.28. The summed E-state index contributed by atoms with van der Waals surface area (Å²) in [6.45, 7) is 3.36. The van der Waals surface area contributed by atoms with Crippen LogP contribution < -0.4 is 0 Å². The van der Waals surface area contributed by atoms with Gasteiger partial charge in [0.25, 0.3) is 5.91 Å². The van der Waals surface area contributed by atoms with E-state index < -0.39 is 15.8 Å². The van der Waals surface area contributed by atoms with Gasteiger partial charge in [-0.15, -0.1) is 0 Å². The Bertz CT molecular complexity index is 864. The number of thioether (sulfide) groups is 1. The maximum Gasteiger partial charge on any atom is 0.316 e. The fourth-order valence-electron chi connectivity index (χ4n) is 4.20. The molecule has 1 aromatic rings. The topological polar surface area (TPSA) is 107 Å². The fraction of sp³-hybridized carbons (Fsp3) is 0.700. The third-order valence-corrected chi connectivity index (χ3v) is 8.07. The minimum atomic E-state index is -3.11. The van der Waals surface area contributed by atoms with Gasteiger partial charge in [-0.3, -0.25) is 9.59 Å². The molecule has 1 amide bonds. The number of carbonyl (C=O) groups is 2. The summed E-state index contributed by atoms with van der Waals surface area (Å²) in [7, 11) is -3.11. The van der Waals surface area contributed by atoms with E-state index in [4.69, 9.17) is 4.74 Å². The van der Waals surface area contributed by atoms with Crippen LogP contribution in [0.15, 0.2) is 11.2 Å². The van der Waals surface area contributed by atoms with Gasteiger partial charge in [0.2, 0.25) is 0 Å². The Balaban J connectivity index is 1.56. The van der Waals surface area contributed by atoms with Crippen molar-refractivity contribution in [2.75, 3.05) is 23.9 Å². The first-order chi connectivity index (χ1) is 14.2. The molecule has 0 bridgehead atoms. The Kier molecular flexibility index (Phi) is 7.73. The predicted molar refractivity (Wildman–Crippen MR) is 114 cm³/mol. The first-order valence-corrected chi connectivity index (χ1v) is 13.2.